The zero-order chi connectivity index (χ0) is 17.8. The van der Waals surface area contributed by atoms with Crippen LogP contribution in [0.1, 0.15) is 20.8 Å². The predicted octanol–water partition coefficient (Wildman–Crippen LogP) is 3.75. The third kappa shape index (κ3) is 3.89. The zero-order valence-corrected chi connectivity index (χ0v) is 17.0. The molecular weight excluding hydrogens is 363 g/mol. The number of hydrogen-bond donors (Lipinski definition) is 0. The first-order valence-electron chi connectivity index (χ1n) is 8.63. The van der Waals surface area contributed by atoms with Gasteiger partial charge in [-0.1, -0.05) is 0 Å². The van der Waals surface area contributed by atoms with Crippen LogP contribution >= 0.6 is 0 Å². The Hall–Kier alpha value is -2.22. The Balaban J connectivity index is 2.37. The summed E-state index contributed by atoms with van der Waals surface area (Å²) in [7, 11) is 0. The summed E-state index contributed by atoms with van der Waals surface area (Å²) in [6.45, 7) is 6.56. The molecule has 0 aromatic heterocycles. The van der Waals surface area contributed by atoms with Gasteiger partial charge in [0.25, 0.3) is 0 Å². The van der Waals surface area contributed by atoms with Crippen molar-refractivity contribution in [3.05, 3.63) is 91.0 Å². The van der Waals surface area contributed by atoms with Crippen molar-refractivity contribution in [3.8, 4) is 10.6 Å². The van der Waals surface area contributed by atoms with Crippen molar-refractivity contribution < 1.29 is 0 Å². The average molecular weight is 387 g/mol. The van der Waals surface area contributed by atoms with Gasteiger partial charge in [0, 0.05) is 0 Å². The molecule has 0 fully saturated rings. The molecule has 0 aliphatic heterocycles. The standard InChI is InChI=1S/C24H24As/c1-24(2,3)19-20-25(21-13-7-4-8-14-21,22-15-9-5-10-16-22)23-17-11-6-12-18-23/h4-18H,1-3H3/q+1. The molecule has 0 radical (unpaired) electrons. The molecule has 0 atom stereocenters. The van der Waals surface area contributed by atoms with Crippen LogP contribution in [0.15, 0.2) is 91.0 Å². The Kier molecular flexibility index (Phi) is 5.17. The van der Waals surface area contributed by atoms with Gasteiger partial charge in [0.2, 0.25) is 0 Å². The quantitative estimate of drug-likeness (QED) is 0.474. The minimum atomic E-state index is -2.85. The average Bonchev–Trinajstić information content (AvgIpc) is 2.64. The third-order valence-electron chi connectivity index (χ3n) is 4.03. The van der Waals surface area contributed by atoms with Gasteiger partial charge >= 0.3 is 154 Å². The molecule has 25 heavy (non-hydrogen) atoms. The second-order valence-electron chi connectivity index (χ2n) is 7.16. The number of hydrogen-bond acceptors (Lipinski definition) is 0. The maximum absolute atomic E-state index is 3.84. The first-order valence-corrected chi connectivity index (χ1v) is 12.4. The topological polar surface area (TPSA) is 0 Å². The summed E-state index contributed by atoms with van der Waals surface area (Å²) in [5.74, 6) is 3.58. The fraction of sp³-hybridized carbons (Fsp3) is 0.167. The minimum absolute atomic E-state index is 0.0229. The maximum atomic E-state index is 3.84. The molecule has 0 saturated heterocycles. The van der Waals surface area contributed by atoms with Gasteiger partial charge in [0.05, 0.1) is 0 Å². The fourth-order valence-electron chi connectivity index (χ4n) is 2.85. The Morgan fingerprint density at radius 3 is 1.16 bits per heavy atom. The van der Waals surface area contributed by atoms with Gasteiger partial charge in [-0.2, -0.15) is 0 Å². The second-order valence-corrected chi connectivity index (χ2v) is 13.7. The Labute approximate surface area is 154 Å². The van der Waals surface area contributed by atoms with Gasteiger partial charge in [-0.3, -0.25) is 0 Å². The molecule has 0 bridgehead atoms. The van der Waals surface area contributed by atoms with E-state index in [0.717, 1.165) is 0 Å². The van der Waals surface area contributed by atoms with E-state index in [1.54, 1.807) is 0 Å². The molecule has 0 nitrogen and oxygen atoms in total. The second kappa shape index (κ2) is 7.35. The summed E-state index contributed by atoms with van der Waals surface area (Å²) in [6, 6.07) is 32.6. The third-order valence-corrected chi connectivity index (χ3v) is 11.7. The molecule has 0 aliphatic rings. The van der Waals surface area contributed by atoms with Gasteiger partial charge in [-0.15, -0.1) is 0 Å². The van der Waals surface area contributed by atoms with Crippen LogP contribution in [0, 0.1) is 16.0 Å². The van der Waals surface area contributed by atoms with Crippen LogP contribution in [0.5, 0.6) is 0 Å². The summed E-state index contributed by atoms with van der Waals surface area (Å²) in [5.41, 5.74) is -0.0229. The molecule has 0 amide bonds. The van der Waals surface area contributed by atoms with Crippen molar-refractivity contribution >= 4 is 26.6 Å². The molecule has 0 unspecified atom stereocenters. The van der Waals surface area contributed by atoms with Gasteiger partial charge < -0.3 is 0 Å². The first-order chi connectivity index (χ1) is 12.0. The summed E-state index contributed by atoms with van der Waals surface area (Å²) in [6.07, 6.45) is 0. The molecule has 1 heteroatoms. The summed E-state index contributed by atoms with van der Waals surface area (Å²) in [4.78, 5) is 0. The molecule has 0 spiro atoms. The van der Waals surface area contributed by atoms with E-state index in [2.05, 4.69) is 122 Å². The van der Waals surface area contributed by atoms with Gasteiger partial charge in [0.15, 0.2) is 0 Å². The predicted molar refractivity (Wildman–Crippen MR) is 111 cm³/mol. The van der Waals surface area contributed by atoms with Crippen molar-refractivity contribution in [2.45, 2.75) is 20.8 Å². The molecular formula is C24H24As+. The van der Waals surface area contributed by atoms with Crippen molar-refractivity contribution in [3.63, 3.8) is 0 Å². The van der Waals surface area contributed by atoms with Crippen LogP contribution in [-0.4, -0.2) is 13.6 Å². The van der Waals surface area contributed by atoms with E-state index < -0.39 is 13.6 Å². The van der Waals surface area contributed by atoms with E-state index in [9.17, 15) is 0 Å². The molecule has 124 valence electrons. The first kappa shape index (κ1) is 17.6. The van der Waals surface area contributed by atoms with E-state index in [-0.39, 0.29) is 5.41 Å². The molecule has 3 aromatic rings. The number of benzene rings is 3. The molecule has 3 rings (SSSR count). The van der Waals surface area contributed by atoms with E-state index in [1.165, 1.54) is 13.1 Å². The van der Waals surface area contributed by atoms with Crippen LogP contribution in [0.3, 0.4) is 0 Å². The molecule has 0 aliphatic carbocycles. The van der Waals surface area contributed by atoms with Crippen molar-refractivity contribution in [1.29, 1.82) is 0 Å². The molecule has 0 saturated carbocycles. The van der Waals surface area contributed by atoms with Crippen LogP contribution < -0.4 is 13.1 Å². The number of rotatable bonds is 3. The van der Waals surface area contributed by atoms with Crippen LogP contribution in [0.25, 0.3) is 0 Å². The normalized spacial score (nSPS) is 11.5. The van der Waals surface area contributed by atoms with Gasteiger partial charge in [-0.25, -0.2) is 0 Å². The Bertz CT molecular complexity index is 767. The van der Waals surface area contributed by atoms with Gasteiger partial charge in [0.1, 0.15) is 0 Å². The molecule has 0 heterocycles. The Morgan fingerprint density at radius 2 is 0.880 bits per heavy atom. The van der Waals surface area contributed by atoms with Crippen LogP contribution in [0.2, 0.25) is 0 Å². The van der Waals surface area contributed by atoms with Crippen molar-refractivity contribution in [1.82, 2.24) is 0 Å². The summed E-state index contributed by atoms with van der Waals surface area (Å²) < 4.78 is 7.95. The summed E-state index contributed by atoms with van der Waals surface area (Å²) in [5, 5.41) is 0. The van der Waals surface area contributed by atoms with Crippen LogP contribution in [-0.2, 0) is 0 Å². The Morgan fingerprint density at radius 1 is 0.560 bits per heavy atom. The van der Waals surface area contributed by atoms with Gasteiger partial charge in [-0.05, 0) is 0 Å². The zero-order valence-electron chi connectivity index (χ0n) is 15.1. The van der Waals surface area contributed by atoms with E-state index in [4.69, 9.17) is 0 Å². The van der Waals surface area contributed by atoms with Crippen LogP contribution in [0.4, 0.5) is 0 Å². The molecule has 0 N–H and O–H groups in total. The SMILES string of the molecule is CC(C)(C)C#C[As+](c1ccccc1)(c1ccccc1)c1ccccc1. The monoisotopic (exact) mass is 387 g/mol. The molecule has 3 aromatic carbocycles. The van der Waals surface area contributed by atoms with E-state index in [1.807, 2.05) is 0 Å². The van der Waals surface area contributed by atoms with Crippen molar-refractivity contribution in [2.75, 3.05) is 0 Å². The fourth-order valence-corrected chi connectivity index (χ4v) is 10.5. The summed E-state index contributed by atoms with van der Waals surface area (Å²) >= 11 is -2.85. The van der Waals surface area contributed by atoms with E-state index >= 15 is 0 Å². The van der Waals surface area contributed by atoms with E-state index in [0.29, 0.717) is 0 Å². The van der Waals surface area contributed by atoms with Crippen molar-refractivity contribution in [2.24, 2.45) is 5.41 Å².